The van der Waals surface area contributed by atoms with Crippen molar-refractivity contribution >= 4 is 15.7 Å². The van der Waals surface area contributed by atoms with Gasteiger partial charge in [-0.2, -0.15) is 0 Å². The molecule has 0 unspecified atom stereocenters. The van der Waals surface area contributed by atoms with Gasteiger partial charge in [-0.15, -0.1) is 0 Å². The van der Waals surface area contributed by atoms with Crippen molar-refractivity contribution in [3.63, 3.8) is 0 Å². The lowest BCUT2D eigenvalue weighted by atomic mass is 10.4. The van der Waals surface area contributed by atoms with Crippen molar-refractivity contribution in [1.82, 2.24) is 4.98 Å². The predicted octanol–water partition coefficient (Wildman–Crippen LogP) is 0.412. The highest BCUT2D eigenvalue weighted by Crippen LogP contribution is 2.17. The van der Waals surface area contributed by atoms with Crippen LogP contribution in [0, 0.1) is 0 Å². The normalized spacial score (nSPS) is 11.9. The molecule has 6 heteroatoms. The minimum atomic E-state index is -3.25. The molecule has 0 fully saturated rings. The fourth-order valence-corrected chi connectivity index (χ4v) is 1.96. The second-order valence-electron chi connectivity index (χ2n) is 3.21. The Balaban J connectivity index is 2.84. The van der Waals surface area contributed by atoms with E-state index < -0.39 is 9.84 Å². The topological polar surface area (TPSA) is 85.1 Å². The molecule has 0 aliphatic carbocycles. The molecule has 1 aromatic heterocycles. The molecule has 0 saturated carbocycles. The SMILES string of the molecule is CS(=O)(=O)c1cccnc1NC/C=C/CN. The summed E-state index contributed by atoms with van der Waals surface area (Å²) in [5.41, 5.74) is 5.28. The lowest BCUT2D eigenvalue weighted by Gasteiger charge is -2.07. The highest BCUT2D eigenvalue weighted by atomic mass is 32.2. The van der Waals surface area contributed by atoms with Crippen LogP contribution in [0.25, 0.3) is 0 Å². The van der Waals surface area contributed by atoms with Crippen LogP contribution in [-0.4, -0.2) is 32.7 Å². The van der Waals surface area contributed by atoms with Crippen LogP contribution >= 0.6 is 0 Å². The van der Waals surface area contributed by atoms with Gasteiger partial charge in [0.15, 0.2) is 9.84 Å². The molecule has 3 N–H and O–H groups in total. The van der Waals surface area contributed by atoms with Crippen molar-refractivity contribution in [2.75, 3.05) is 24.7 Å². The second kappa shape index (κ2) is 5.62. The van der Waals surface area contributed by atoms with Crippen LogP contribution in [0.3, 0.4) is 0 Å². The Morgan fingerprint density at radius 3 is 2.88 bits per heavy atom. The standard InChI is InChI=1S/C10H15N3O2S/c1-16(14,15)9-5-4-8-13-10(9)12-7-3-2-6-11/h2-5,8H,6-7,11H2,1H3,(H,12,13)/b3-2+. The largest absolute Gasteiger partial charge is 0.366 e. The van der Waals surface area contributed by atoms with Crippen molar-refractivity contribution in [3.05, 3.63) is 30.5 Å². The first-order valence-corrected chi connectivity index (χ1v) is 6.69. The van der Waals surface area contributed by atoms with E-state index in [0.29, 0.717) is 18.9 Å². The Bertz CT molecular complexity index is 469. The summed E-state index contributed by atoms with van der Waals surface area (Å²) in [5.74, 6) is 0.367. The molecule has 88 valence electrons. The Morgan fingerprint density at radius 1 is 1.50 bits per heavy atom. The lowest BCUT2D eigenvalue weighted by molar-refractivity contribution is 0.602. The van der Waals surface area contributed by atoms with Crippen molar-refractivity contribution < 1.29 is 8.42 Å². The number of anilines is 1. The van der Waals surface area contributed by atoms with Crippen LogP contribution in [0.5, 0.6) is 0 Å². The molecule has 1 heterocycles. The van der Waals surface area contributed by atoms with Crippen LogP contribution in [0.1, 0.15) is 0 Å². The molecular formula is C10H15N3O2S. The van der Waals surface area contributed by atoms with E-state index in [1.54, 1.807) is 18.3 Å². The second-order valence-corrected chi connectivity index (χ2v) is 5.19. The highest BCUT2D eigenvalue weighted by Gasteiger charge is 2.12. The number of nitrogens with two attached hydrogens (primary N) is 1. The number of nitrogens with one attached hydrogen (secondary N) is 1. The number of aromatic nitrogens is 1. The minimum absolute atomic E-state index is 0.205. The summed E-state index contributed by atoms with van der Waals surface area (Å²) in [6.07, 6.45) is 6.31. The molecule has 0 radical (unpaired) electrons. The van der Waals surface area contributed by atoms with E-state index in [1.807, 2.05) is 6.08 Å². The summed E-state index contributed by atoms with van der Waals surface area (Å²) in [6.45, 7) is 0.958. The van der Waals surface area contributed by atoms with Gasteiger partial charge in [-0.1, -0.05) is 12.2 Å². The van der Waals surface area contributed by atoms with Gasteiger partial charge >= 0.3 is 0 Å². The van der Waals surface area contributed by atoms with Crippen LogP contribution in [0.15, 0.2) is 35.4 Å². The third-order valence-electron chi connectivity index (χ3n) is 1.86. The average molecular weight is 241 g/mol. The number of hydrogen-bond acceptors (Lipinski definition) is 5. The summed E-state index contributed by atoms with van der Waals surface area (Å²) in [5, 5.41) is 2.92. The average Bonchev–Trinajstić information content (AvgIpc) is 2.24. The van der Waals surface area contributed by atoms with Gasteiger partial charge in [-0.05, 0) is 12.1 Å². The number of sulfone groups is 1. The first-order valence-electron chi connectivity index (χ1n) is 4.79. The fourth-order valence-electron chi connectivity index (χ4n) is 1.16. The molecule has 0 atom stereocenters. The molecule has 1 rings (SSSR count). The number of rotatable bonds is 5. The number of pyridine rings is 1. The minimum Gasteiger partial charge on any atom is -0.366 e. The Hall–Kier alpha value is -1.40. The van der Waals surface area contributed by atoms with E-state index in [9.17, 15) is 8.42 Å². The zero-order valence-electron chi connectivity index (χ0n) is 9.05. The maximum absolute atomic E-state index is 11.4. The third-order valence-corrected chi connectivity index (χ3v) is 2.99. The van der Waals surface area contributed by atoms with Gasteiger partial charge in [-0.25, -0.2) is 13.4 Å². The summed E-state index contributed by atoms with van der Waals surface area (Å²) in [4.78, 5) is 4.19. The lowest BCUT2D eigenvalue weighted by Crippen LogP contribution is -2.08. The summed E-state index contributed by atoms with van der Waals surface area (Å²) >= 11 is 0. The van der Waals surface area contributed by atoms with Crippen LogP contribution in [0.2, 0.25) is 0 Å². The Morgan fingerprint density at radius 2 is 2.25 bits per heavy atom. The molecule has 0 saturated heterocycles. The van der Waals surface area contributed by atoms with Gasteiger partial charge in [0.25, 0.3) is 0 Å². The maximum Gasteiger partial charge on any atom is 0.179 e. The Kier molecular flexibility index (Phi) is 4.45. The van der Waals surface area contributed by atoms with Crippen molar-refractivity contribution in [3.8, 4) is 0 Å². The molecule has 0 amide bonds. The molecule has 1 aromatic rings. The van der Waals surface area contributed by atoms with E-state index in [1.165, 1.54) is 6.07 Å². The summed E-state index contributed by atoms with van der Waals surface area (Å²) in [7, 11) is -3.25. The molecule has 5 nitrogen and oxygen atoms in total. The van der Waals surface area contributed by atoms with Crippen LogP contribution < -0.4 is 11.1 Å². The van der Waals surface area contributed by atoms with Gasteiger partial charge in [-0.3, -0.25) is 0 Å². The predicted molar refractivity (Wildman–Crippen MR) is 64.0 cm³/mol. The Labute approximate surface area is 95.3 Å². The van der Waals surface area contributed by atoms with E-state index in [-0.39, 0.29) is 4.90 Å². The third kappa shape index (κ3) is 3.63. The van der Waals surface area contributed by atoms with E-state index >= 15 is 0 Å². The molecule has 0 bridgehead atoms. The van der Waals surface area contributed by atoms with Gasteiger partial charge < -0.3 is 11.1 Å². The summed E-state index contributed by atoms with van der Waals surface area (Å²) in [6, 6.07) is 3.12. The monoisotopic (exact) mass is 241 g/mol. The zero-order valence-corrected chi connectivity index (χ0v) is 9.87. The van der Waals surface area contributed by atoms with E-state index in [2.05, 4.69) is 10.3 Å². The summed E-state index contributed by atoms with van der Waals surface area (Å²) < 4.78 is 22.8. The molecule has 0 aromatic carbocycles. The van der Waals surface area contributed by atoms with Gasteiger partial charge in [0.1, 0.15) is 10.7 Å². The van der Waals surface area contributed by atoms with Gasteiger partial charge in [0.05, 0.1) is 0 Å². The molecule has 0 spiro atoms. The van der Waals surface area contributed by atoms with Crippen LogP contribution in [0.4, 0.5) is 5.82 Å². The molecule has 16 heavy (non-hydrogen) atoms. The fraction of sp³-hybridized carbons (Fsp3) is 0.300. The molecule has 0 aliphatic rings. The number of hydrogen-bond donors (Lipinski definition) is 2. The van der Waals surface area contributed by atoms with Crippen molar-refractivity contribution in [2.45, 2.75) is 4.90 Å². The van der Waals surface area contributed by atoms with Gasteiger partial charge in [0.2, 0.25) is 0 Å². The maximum atomic E-state index is 11.4. The molecule has 0 aliphatic heterocycles. The smallest absolute Gasteiger partial charge is 0.179 e. The number of nitrogens with zero attached hydrogens (tertiary/aromatic N) is 1. The highest BCUT2D eigenvalue weighted by molar-refractivity contribution is 7.90. The van der Waals surface area contributed by atoms with E-state index in [0.717, 1.165) is 6.26 Å². The molecular weight excluding hydrogens is 226 g/mol. The first kappa shape index (κ1) is 12.7. The quantitative estimate of drug-likeness (QED) is 0.729. The van der Waals surface area contributed by atoms with E-state index in [4.69, 9.17) is 5.73 Å². The van der Waals surface area contributed by atoms with Crippen molar-refractivity contribution in [2.24, 2.45) is 5.73 Å². The first-order chi connectivity index (χ1) is 7.55. The van der Waals surface area contributed by atoms with Crippen LogP contribution in [-0.2, 0) is 9.84 Å². The van der Waals surface area contributed by atoms with Crippen molar-refractivity contribution in [1.29, 1.82) is 0 Å². The zero-order chi connectivity index (χ0) is 12.0. The van der Waals surface area contributed by atoms with Gasteiger partial charge in [0, 0.05) is 25.5 Å².